The summed E-state index contributed by atoms with van der Waals surface area (Å²) in [6.45, 7) is 5.21. The smallest absolute Gasteiger partial charge is 0.242 e. The highest BCUT2D eigenvalue weighted by atomic mass is 16.2. The summed E-state index contributed by atoms with van der Waals surface area (Å²) in [5.74, 6) is -0.00422. The van der Waals surface area contributed by atoms with Gasteiger partial charge in [0.25, 0.3) is 0 Å². The Morgan fingerprint density at radius 3 is 2.81 bits per heavy atom. The third-order valence-corrected chi connectivity index (χ3v) is 3.21. The zero-order valence-corrected chi connectivity index (χ0v) is 10.4. The topological polar surface area (TPSA) is 56.1 Å². The summed E-state index contributed by atoms with van der Waals surface area (Å²) in [5.41, 5.74) is -0.428. The fourth-order valence-electron chi connectivity index (χ4n) is 2.19. The second kappa shape index (κ2) is 5.31. The van der Waals surface area contributed by atoms with Crippen LogP contribution in [-0.4, -0.2) is 36.5 Å². The molecular weight excluding hydrogens is 202 g/mol. The zero-order valence-electron chi connectivity index (χ0n) is 10.4. The van der Waals surface area contributed by atoms with Gasteiger partial charge in [-0.15, -0.1) is 0 Å². The summed E-state index contributed by atoms with van der Waals surface area (Å²) in [5, 5.41) is 12.0. The molecule has 0 bridgehead atoms. The van der Waals surface area contributed by atoms with Gasteiger partial charge in [0.1, 0.15) is 0 Å². The Bertz CT molecular complexity index is 289. The number of carbonyl (C=O) groups is 1. The van der Waals surface area contributed by atoms with Gasteiger partial charge in [0.15, 0.2) is 0 Å². The van der Waals surface area contributed by atoms with Crippen molar-refractivity contribution in [1.82, 2.24) is 10.2 Å². The van der Waals surface area contributed by atoms with Crippen LogP contribution >= 0.6 is 0 Å². The number of hydrogen-bond acceptors (Lipinski definition) is 3. The van der Waals surface area contributed by atoms with Gasteiger partial charge in [0, 0.05) is 13.6 Å². The van der Waals surface area contributed by atoms with E-state index in [0.717, 1.165) is 25.8 Å². The van der Waals surface area contributed by atoms with Crippen molar-refractivity contribution < 1.29 is 4.79 Å². The lowest BCUT2D eigenvalue weighted by Crippen LogP contribution is -2.57. The predicted molar refractivity (Wildman–Crippen MR) is 62.7 cm³/mol. The number of nitrogens with zero attached hydrogens (tertiary/aromatic N) is 2. The lowest BCUT2D eigenvalue weighted by Gasteiger charge is -2.36. The van der Waals surface area contributed by atoms with E-state index < -0.39 is 5.54 Å². The SMILES string of the molecule is CC(C#N)CN(C)C(=O)C1(C)CCCCN1. The van der Waals surface area contributed by atoms with Gasteiger partial charge >= 0.3 is 0 Å². The quantitative estimate of drug-likeness (QED) is 0.780. The van der Waals surface area contributed by atoms with Crippen molar-refractivity contribution >= 4 is 5.91 Å². The normalized spacial score (nSPS) is 26.9. The minimum absolute atomic E-state index is 0.106. The Morgan fingerprint density at radius 1 is 1.62 bits per heavy atom. The van der Waals surface area contributed by atoms with E-state index in [1.54, 1.807) is 11.9 Å². The highest BCUT2D eigenvalue weighted by Gasteiger charge is 2.36. The van der Waals surface area contributed by atoms with Crippen molar-refractivity contribution in [3.05, 3.63) is 0 Å². The molecule has 1 heterocycles. The van der Waals surface area contributed by atoms with Crippen LogP contribution in [0.4, 0.5) is 0 Å². The van der Waals surface area contributed by atoms with Crippen LogP contribution in [0, 0.1) is 17.2 Å². The molecule has 1 fully saturated rings. The van der Waals surface area contributed by atoms with Crippen molar-refractivity contribution in [3.8, 4) is 6.07 Å². The molecule has 0 spiro atoms. The Balaban J connectivity index is 2.58. The minimum Gasteiger partial charge on any atom is -0.343 e. The molecule has 1 aliphatic heterocycles. The maximum Gasteiger partial charge on any atom is 0.242 e. The van der Waals surface area contributed by atoms with Gasteiger partial charge in [-0.1, -0.05) is 0 Å². The number of likely N-dealkylation sites (N-methyl/N-ethyl adjacent to an activating group) is 1. The summed E-state index contributed by atoms with van der Waals surface area (Å²) in [6, 6.07) is 2.15. The average molecular weight is 223 g/mol. The zero-order chi connectivity index (χ0) is 12.2. The Kier molecular flexibility index (Phi) is 4.31. The minimum atomic E-state index is -0.428. The molecule has 4 nitrogen and oxygen atoms in total. The van der Waals surface area contributed by atoms with Gasteiger partial charge in [0.05, 0.1) is 17.5 Å². The Labute approximate surface area is 97.6 Å². The summed E-state index contributed by atoms with van der Waals surface area (Å²) in [6.07, 6.45) is 3.12. The van der Waals surface area contributed by atoms with Gasteiger partial charge in [-0.05, 0) is 39.7 Å². The van der Waals surface area contributed by atoms with Crippen LogP contribution in [0.3, 0.4) is 0 Å². The van der Waals surface area contributed by atoms with E-state index in [4.69, 9.17) is 5.26 Å². The van der Waals surface area contributed by atoms with Crippen molar-refractivity contribution in [3.63, 3.8) is 0 Å². The highest BCUT2D eigenvalue weighted by Crippen LogP contribution is 2.21. The largest absolute Gasteiger partial charge is 0.343 e. The van der Waals surface area contributed by atoms with Gasteiger partial charge < -0.3 is 10.2 Å². The molecule has 2 unspecified atom stereocenters. The van der Waals surface area contributed by atoms with Crippen molar-refractivity contribution in [2.45, 2.75) is 38.6 Å². The van der Waals surface area contributed by atoms with E-state index >= 15 is 0 Å². The summed E-state index contributed by atoms with van der Waals surface area (Å²) < 4.78 is 0. The standard InChI is InChI=1S/C12H21N3O/c1-10(8-13)9-15(3)11(16)12(2)6-4-5-7-14-12/h10,14H,4-7,9H2,1-3H3. The van der Waals surface area contributed by atoms with Crippen molar-refractivity contribution in [2.75, 3.05) is 20.1 Å². The lowest BCUT2D eigenvalue weighted by molar-refractivity contribution is -0.137. The lowest BCUT2D eigenvalue weighted by atomic mass is 9.89. The third-order valence-electron chi connectivity index (χ3n) is 3.21. The fourth-order valence-corrected chi connectivity index (χ4v) is 2.19. The Morgan fingerprint density at radius 2 is 2.31 bits per heavy atom. The monoisotopic (exact) mass is 223 g/mol. The summed E-state index contributed by atoms with van der Waals surface area (Å²) >= 11 is 0. The molecule has 0 aromatic carbocycles. The Hall–Kier alpha value is -1.08. The molecule has 1 rings (SSSR count). The molecule has 0 aromatic rings. The van der Waals surface area contributed by atoms with Crippen LogP contribution in [0.5, 0.6) is 0 Å². The summed E-state index contributed by atoms with van der Waals surface area (Å²) in [7, 11) is 1.78. The van der Waals surface area contributed by atoms with Gasteiger partial charge in [-0.2, -0.15) is 5.26 Å². The average Bonchev–Trinajstić information content (AvgIpc) is 2.28. The predicted octanol–water partition coefficient (Wildman–Crippen LogP) is 1.14. The second-order valence-electron chi connectivity index (χ2n) is 4.93. The van der Waals surface area contributed by atoms with Crippen LogP contribution in [0.1, 0.15) is 33.1 Å². The molecule has 1 aliphatic rings. The number of amides is 1. The molecule has 1 N–H and O–H groups in total. The first kappa shape index (κ1) is 13.0. The van der Waals surface area contributed by atoms with E-state index in [1.165, 1.54) is 0 Å². The first-order chi connectivity index (χ1) is 7.49. The molecule has 0 aliphatic carbocycles. The van der Waals surface area contributed by atoms with E-state index in [1.807, 2.05) is 13.8 Å². The van der Waals surface area contributed by atoms with Gasteiger partial charge in [-0.25, -0.2) is 0 Å². The second-order valence-corrected chi connectivity index (χ2v) is 4.93. The third kappa shape index (κ3) is 2.96. The van der Waals surface area contributed by atoms with Crippen LogP contribution in [0.2, 0.25) is 0 Å². The maximum atomic E-state index is 12.2. The molecule has 0 radical (unpaired) electrons. The van der Waals surface area contributed by atoms with Crippen molar-refractivity contribution in [1.29, 1.82) is 5.26 Å². The maximum absolute atomic E-state index is 12.2. The molecule has 0 aromatic heterocycles. The molecule has 0 saturated carbocycles. The number of nitriles is 1. The number of nitrogens with one attached hydrogen (secondary N) is 1. The van der Waals surface area contributed by atoms with Gasteiger partial charge in [0.2, 0.25) is 5.91 Å². The van der Waals surface area contributed by atoms with Crippen LogP contribution in [-0.2, 0) is 4.79 Å². The first-order valence-electron chi connectivity index (χ1n) is 5.90. The first-order valence-corrected chi connectivity index (χ1v) is 5.90. The fraction of sp³-hybridized carbons (Fsp3) is 0.833. The highest BCUT2D eigenvalue weighted by molar-refractivity contribution is 5.85. The summed E-state index contributed by atoms with van der Waals surface area (Å²) in [4.78, 5) is 13.9. The number of rotatable bonds is 3. The molecule has 1 saturated heterocycles. The number of hydrogen-bond donors (Lipinski definition) is 1. The van der Waals surface area contributed by atoms with E-state index in [2.05, 4.69) is 11.4 Å². The van der Waals surface area contributed by atoms with E-state index in [9.17, 15) is 4.79 Å². The van der Waals surface area contributed by atoms with Crippen molar-refractivity contribution in [2.24, 2.45) is 5.92 Å². The van der Waals surface area contributed by atoms with E-state index in [-0.39, 0.29) is 11.8 Å². The number of carbonyl (C=O) groups excluding carboxylic acids is 1. The number of piperidine rings is 1. The molecule has 1 amide bonds. The van der Waals surface area contributed by atoms with Crippen LogP contribution in [0.25, 0.3) is 0 Å². The molecular formula is C12H21N3O. The molecule has 90 valence electrons. The molecule has 2 atom stereocenters. The van der Waals surface area contributed by atoms with Crippen LogP contribution < -0.4 is 5.32 Å². The van der Waals surface area contributed by atoms with Gasteiger partial charge in [-0.3, -0.25) is 4.79 Å². The van der Waals surface area contributed by atoms with E-state index in [0.29, 0.717) is 6.54 Å². The van der Waals surface area contributed by atoms with Crippen LogP contribution in [0.15, 0.2) is 0 Å². The molecule has 16 heavy (non-hydrogen) atoms. The molecule has 4 heteroatoms.